The quantitative estimate of drug-likeness (QED) is 0.157. The summed E-state index contributed by atoms with van der Waals surface area (Å²) in [5.74, 6) is 0.336. The first-order chi connectivity index (χ1) is 31.7. The van der Waals surface area contributed by atoms with Gasteiger partial charge < -0.3 is 4.57 Å². The molecule has 2 heteroatoms. The predicted octanol–water partition coefficient (Wildman–Crippen LogP) is 16.3. The summed E-state index contributed by atoms with van der Waals surface area (Å²) >= 11 is 0. The summed E-state index contributed by atoms with van der Waals surface area (Å²) in [5, 5.41) is 2.46. The van der Waals surface area contributed by atoms with Gasteiger partial charge in [0, 0.05) is 33.5 Å². The molecule has 2 aromatic heterocycles. The van der Waals surface area contributed by atoms with Crippen LogP contribution in [0.1, 0.15) is 29.0 Å². The molecule has 12 rings (SSSR count). The summed E-state index contributed by atoms with van der Waals surface area (Å²) in [6.07, 6.45) is 2.14. The van der Waals surface area contributed by atoms with Crippen molar-refractivity contribution in [3.05, 3.63) is 253 Å². The van der Waals surface area contributed by atoms with Gasteiger partial charge in [0.2, 0.25) is 0 Å². The van der Waals surface area contributed by atoms with Gasteiger partial charge in [-0.2, -0.15) is 0 Å². The van der Waals surface area contributed by atoms with Gasteiger partial charge in [0.05, 0.1) is 22.4 Å². The molecular weight excluding hydrogens is 773 g/mol. The number of para-hydroxylation sites is 1. The number of hydrogen-bond donors (Lipinski definition) is 0. The van der Waals surface area contributed by atoms with Crippen LogP contribution in [-0.4, -0.2) is 9.55 Å². The van der Waals surface area contributed by atoms with Crippen LogP contribution in [0, 0.1) is 0 Å². The molecule has 0 bridgehead atoms. The maximum Gasteiger partial charge on any atom is 0.0715 e. The molecule has 0 N–H and O–H groups in total. The van der Waals surface area contributed by atoms with E-state index in [0.29, 0.717) is 5.92 Å². The van der Waals surface area contributed by atoms with Crippen molar-refractivity contribution in [1.82, 2.24) is 9.55 Å². The fourth-order valence-electron chi connectivity index (χ4n) is 10.2. The highest BCUT2D eigenvalue weighted by Gasteiger charge is 2.25. The summed E-state index contributed by atoms with van der Waals surface area (Å²) in [4.78, 5) is 5.30. The van der Waals surface area contributed by atoms with Crippen LogP contribution < -0.4 is 0 Å². The first kappa shape index (κ1) is 37.7. The minimum atomic E-state index is 0.336. The first-order valence-corrected chi connectivity index (χ1v) is 22.4. The van der Waals surface area contributed by atoms with Crippen LogP contribution in [0.25, 0.3) is 94.5 Å². The summed E-state index contributed by atoms with van der Waals surface area (Å²) in [5.41, 5.74) is 21.6. The van der Waals surface area contributed by atoms with Crippen molar-refractivity contribution in [2.24, 2.45) is 0 Å². The van der Waals surface area contributed by atoms with Gasteiger partial charge in [0.15, 0.2) is 0 Å². The predicted molar refractivity (Wildman–Crippen MR) is 268 cm³/mol. The van der Waals surface area contributed by atoms with Crippen LogP contribution >= 0.6 is 0 Å². The third-order valence-electron chi connectivity index (χ3n) is 13.2. The highest BCUT2D eigenvalue weighted by molar-refractivity contribution is 6.16. The van der Waals surface area contributed by atoms with Gasteiger partial charge in [-0.05, 0) is 129 Å². The van der Waals surface area contributed by atoms with E-state index >= 15 is 0 Å². The molecule has 11 aromatic rings. The standard InChI is InChI=1S/C62H44N2/c1-5-17-42(18-6-1)50-40-58(45-22-9-3-10-23-45)63-59(41-50)49-25-15-24-48(37-49)54-29-16-30-61-62(54)57-39-47(33-36-60(57)64(61)51-26-11-4-12-27-51)46-32-35-55-53(43-19-7-2-8-20-43)34-31-44-21-13-14-28-52(44)56(55)38-46/h1-30,32-33,35-41,53H,31,34H2. The van der Waals surface area contributed by atoms with Crippen molar-refractivity contribution in [2.45, 2.75) is 18.8 Å². The van der Waals surface area contributed by atoms with Crippen molar-refractivity contribution >= 4 is 21.8 Å². The fraction of sp³-hybridized carbons (Fsp3) is 0.0484. The number of aromatic nitrogens is 2. The van der Waals surface area contributed by atoms with Crippen molar-refractivity contribution < 1.29 is 0 Å². The average molecular weight is 817 g/mol. The van der Waals surface area contributed by atoms with Gasteiger partial charge in [-0.1, -0.05) is 182 Å². The molecule has 302 valence electrons. The zero-order chi connectivity index (χ0) is 42.4. The molecule has 2 heterocycles. The van der Waals surface area contributed by atoms with Crippen molar-refractivity contribution in [2.75, 3.05) is 0 Å². The van der Waals surface area contributed by atoms with Gasteiger partial charge in [-0.15, -0.1) is 0 Å². The van der Waals surface area contributed by atoms with Crippen LogP contribution in [0.5, 0.6) is 0 Å². The van der Waals surface area contributed by atoms with E-state index in [1.165, 1.54) is 71.9 Å². The summed E-state index contributed by atoms with van der Waals surface area (Å²) in [6, 6.07) is 86.4. The molecule has 2 nitrogen and oxygen atoms in total. The Morgan fingerprint density at radius 3 is 1.78 bits per heavy atom. The Morgan fingerprint density at radius 2 is 0.984 bits per heavy atom. The molecule has 1 aliphatic rings. The third-order valence-corrected chi connectivity index (χ3v) is 13.2. The van der Waals surface area contributed by atoms with Crippen molar-refractivity contribution in [3.63, 3.8) is 0 Å². The SMILES string of the molecule is c1ccc(-c2cc(-c3ccccc3)nc(-c3cccc(-c4cccc5c4c4cc(-c6ccc7c(c6)-c6ccccc6CCC7c6ccccc6)ccc4n5-c4ccccc4)c3)c2)cc1. The molecular formula is C62H44N2. The Labute approximate surface area is 374 Å². The Balaban J connectivity index is 1.04. The van der Waals surface area contributed by atoms with Gasteiger partial charge in [0.1, 0.15) is 0 Å². The number of fused-ring (bicyclic) bond motifs is 6. The van der Waals surface area contributed by atoms with Crippen LogP contribution in [0.15, 0.2) is 237 Å². The molecule has 9 aromatic carbocycles. The average Bonchev–Trinajstić information content (AvgIpc) is 3.62. The molecule has 0 spiro atoms. The Morgan fingerprint density at radius 1 is 0.375 bits per heavy atom. The molecule has 0 fully saturated rings. The van der Waals surface area contributed by atoms with E-state index in [1.807, 2.05) is 0 Å². The normalized spacial score (nSPS) is 13.3. The molecule has 0 aliphatic heterocycles. The Kier molecular flexibility index (Phi) is 9.42. The summed E-state index contributed by atoms with van der Waals surface area (Å²) in [6.45, 7) is 0. The Bertz CT molecular complexity index is 3420. The minimum Gasteiger partial charge on any atom is -0.309 e. The van der Waals surface area contributed by atoms with E-state index in [0.717, 1.165) is 52.2 Å². The van der Waals surface area contributed by atoms with Crippen molar-refractivity contribution in [3.8, 4) is 72.7 Å². The molecule has 1 unspecified atom stereocenters. The first-order valence-electron chi connectivity index (χ1n) is 22.4. The topological polar surface area (TPSA) is 17.8 Å². The lowest BCUT2D eigenvalue weighted by Crippen LogP contribution is -2.02. The maximum atomic E-state index is 5.30. The molecule has 1 atom stereocenters. The molecule has 0 amide bonds. The highest BCUT2D eigenvalue weighted by atomic mass is 15.0. The fourth-order valence-corrected chi connectivity index (χ4v) is 10.2. The van der Waals surface area contributed by atoms with Crippen LogP contribution in [0.2, 0.25) is 0 Å². The van der Waals surface area contributed by atoms with Gasteiger partial charge in [-0.25, -0.2) is 4.98 Å². The largest absolute Gasteiger partial charge is 0.309 e. The lowest BCUT2D eigenvalue weighted by atomic mass is 9.84. The lowest BCUT2D eigenvalue weighted by Gasteiger charge is -2.19. The second-order valence-corrected chi connectivity index (χ2v) is 17.0. The van der Waals surface area contributed by atoms with Gasteiger partial charge in [-0.3, -0.25) is 0 Å². The monoisotopic (exact) mass is 816 g/mol. The van der Waals surface area contributed by atoms with Crippen molar-refractivity contribution in [1.29, 1.82) is 0 Å². The smallest absolute Gasteiger partial charge is 0.0715 e. The zero-order valence-corrected chi connectivity index (χ0v) is 35.4. The van der Waals surface area contributed by atoms with Crippen LogP contribution in [-0.2, 0) is 6.42 Å². The summed E-state index contributed by atoms with van der Waals surface area (Å²) < 4.78 is 2.43. The van der Waals surface area contributed by atoms with E-state index in [2.05, 4.69) is 241 Å². The van der Waals surface area contributed by atoms with Crippen LogP contribution in [0.4, 0.5) is 0 Å². The summed E-state index contributed by atoms with van der Waals surface area (Å²) in [7, 11) is 0. The number of nitrogens with zero attached hydrogens (tertiary/aromatic N) is 2. The number of aryl methyl sites for hydroxylation is 1. The number of hydrogen-bond acceptors (Lipinski definition) is 1. The molecule has 0 saturated carbocycles. The molecule has 64 heavy (non-hydrogen) atoms. The van der Waals surface area contributed by atoms with E-state index < -0.39 is 0 Å². The van der Waals surface area contributed by atoms with E-state index in [4.69, 9.17) is 4.98 Å². The highest BCUT2D eigenvalue weighted by Crippen LogP contribution is 2.45. The number of rotatable bonds is 7. The minimum absolute atomic E-state index is 0.336. The van der Waals surface area contributed by atoms with E-state index in [9.17, 15) is 0 Å². The number of benzene rings is 9. The Hall–Kier alpha value is -8.07. The zero-order valence-electron chi connectivity index (χ0n) is 35.4. The molecule has 1 aliphatic carbocycles. The van der Waals surface area contributed by atoms with Crippen LogP contribution in [0.3, 0.4) is 0 Å². The van der Waals surface area contributed by atoms with Gasteiger partial charge in [0.25, 0.3) is 0 Å². The second kappa shape index (κ2) is 16.0. The second-order valence-electron chi connectivity index (χ2n) is 17.0. The molecule has 0 saturated heterocycles. The van der Waals surface area contributed by atoms with E-state index in [-0.39, 0.29) is 0 Å². The lowest BCUT2D eigenvalue weighted by molar-refractivity contribution is 0.726. The van der Waals surface area contributed by atoms with E-state index in [1.54, 1.807) is 0 Å². The molecule has 0 radical (unpaired) electrons. The van der Waals surface area contributed by atoms with Gasteiger partial charge >= 0.3 is 0 Å². The third kappa shape index (κ3) is 6.72. The maximum absolute atomic E-state index is 5.30. The number of pyridine rings is 1.